The predicted molar refractivity (Wildman–Crippen MR) is 131 cm³/mol. The first-order chi connectivity index (χ1) is 16.2. The third kappa shape index (κ3) is 4.67. The quantitative estimate of drug-likeness (QED) is 0.235. The standard InChI is InChI=1S/C24H23N5O4S/c1-14(2)33-23(30)20-15(3)25-24(34)26-22(20)19-13-28(17-9-5-4-6-10-17)27-21(19)16-8-7-11-18(12-16)29(31)32/h4-14,22H,1-3H3,(H2,25,26,34)/t22-/m0/s1. The zero-order chi connectivity index (χ0) is 24.4. The second kappa shape index (κ2) is 9.44. The molecule has 0 saturated heterocycles. The van der Waals surface area contributed by atoms with E-state index in [2.05, 4.69) is 10.6 Å². The van der Waals surface area contributed by atoms with Gasteiger partial charge in [0.05, 0.1) is 34.0 Å². The van der Waals surface area contributed by atoms with Crippen molar-refractivity contribution in [1.82, 2.24) is 20.4 Å². The molecular formula is C24H23N5O4S. The van der Waals surface area contributed by atoms with Gasteiger partial charge in [-0.3, -0.25) is 10.1 Å². The minimum absolute atomic E-state index is 0.0577. The van der Waals surface area contributed by atoms with Crippen LogP contribution in [0.25, 0.3) is 16.9 Å². The van der Waals surface area contributed by atoms with E-state index in [-0.39, 0.29) is 11.8 Å². The summed E-state index contributed by atoms with van der Waals surface area (Å²) >= 11 is 5.38. The van der Waals surface area contributed by atoms with Crippen molar-refractivity contribution in [3.8, 4) is 16.9 Å². The summed E-state index contributed by atoms with van der Waals surface area (Å²) in [6.45, 7) is 5.31. The van der Waals surface area contributed by atoms with Gasteiger partial charge in [-0.05, 0) is 45.1 Å². The normalized spacial score (nSPS) is 15.6. The van der Waals surface area contributed by atoms with Gasteiger partial charge in [0.25, 0.3) is 5.69 Å². The summed E-state index contributed by atoms with van der Waals surface area (Å²) in [6, 6.07) is 15.0. The molecule has 1 aromatic heterocycles. The van der Waals surface area contributed by atoms with Crippen molar-refractivity contribution in [3.05, 3.63) is 87.7 Å². The lowest BCUT2D eigenvalue weighted by Crippen LogP contribution is -2.45. The largest absolute Gasteiger partial charge is 0.459 e. The van der Waals surface area contributed by atoms with E-state index in [1.54, 1.807) is 43.8 Å². The number of thiocarbonyl (C=S) groups is 1. The molecule has 0 fully saturated rings. The van der Waals surface area contributed by atoms with Gasteiger partial charge in [-0.15, -0.1) is 0 Å². The van der Waals surface area contributed by atoms with Crippen LogP contribution in [-0.2, 0) is 9.53 Å². The van der Waals surface area contributed by atoms with E-state index in [4.69, 9.17) is 22.1 Å². The molecule has 0 saturated carbocycles. The minimum Gasteiger partial charge on any atom is -0.459 e. The minimum atomic E-state index is -0.674. The first-order valence-electron chi connectivity index (χ1n) is 10.6. The number of carbonyl (C=O) groups is 1. The van der Waals surface area contributed by atoms with Crippen LogP contribution < -0.4 is 10.6 Å². The fraction of sp³-hybridized carbons (Fsp3) is 0.208. The molecule has 1 atom stereocenters. The lowest BCUT2D eigenvalue weighted by molar-refractivity contribution is -0.384. The topological polar surface area (TPSA) is 111 Å². The molecule has 3 aromatic rings. The molecule has 34 heavy (non-hydrogen) atoms. The summed E-state index contributed by atoms with van der Waals surface area (Å²) in [4.78, 5) is 24.0. The van der Waals surface area contributed by atoms with Crippen molar-refractivity contribution in [2.24, 2.45) is 0 Å². The average Bonchev–Trinajstić information content (AvgIpc) is 3.24. The molecule has 2 heterocycles. The SMILES string of the molecule is CC1=C(C(=O)OC(C)C)[C@H](c2cn(-c3ccccc3)nc2-c2cccc([N+](=O)[O-])c2)NC(=S)N1. The number of hydrogen-bond donors (Lipinski definition) is 2. The Kier molecular flexibility index (Phi) is 6.42. The molecule has 0 spiro atoms. The molecule has 174 valence electrons. The van der Waals surface area contributed by atoms with E-state index >= 15 is 0 Å². The maximum Gasteiger partial charge on any atom is 0.338 e. The number of allylic oxidation sites excluding steroid dienone is 1. The summed E-state index contributed by atoms with van der Waals surface area (Å²) in [6.07, 6.45) is 1.48. The van der Waals surface area contributed by atoms with E-state index in [0.717, 1.165) is 5.69 Å². The van der Waals surface area contributed by atoms with Crippen LogP contribution in [-0.4, -0.2) is 31.9 Å². The number of esters is 1. The molecule has 9 nitrogen and oxygen atoms in total. The molecule has 0 radical (unpaired) electrons. The van der Waals surface area contributed by atoms with Crippen LogP contribution in [0.15, 0.2) is 72.1 Å². The lowest BCUT2D eigenvalue weighted by atomic mass is 9.93. The van der Waals surface area contributed by atoms with Crippen molar-refractivity contribution in [1.29, 1.82) is 0 Å². The average molecular weight is 478 g/mol. The highest BCUT2D eigenvalue weighted by molar-refractivity contribution is 7.80. The number of nitrogens with zero attached hydrogens (tertiary/aromatic N) is 3. The van der Waals surface area contributed by atoms with Crippen LogP contribution in [0, 0.1) is 10.1 Å². The summed E-state index contributed by atoms with van der Waals surface area (Å²) in [5.74, 6) is -0.488. The summed E-state index contributed by atoms with van der Waals surface area (Å²) in [5, 5.41) is 22.6. The Bertz CT molecular complexity index is 1300. The highest BCUT2D eigenvalue weighted by atomic mass is 32.1. The van der Waals surface area contributed by atoms with Gasteiger partial charge in [-0.1, -0.05) is 30.3 Å². The molecule has 10 heteroatoms. The maximum absolute atomic E-state index is 13.1. The van der Waals surface area contributed by atoms with Crippen molar-refractivity contribution in [2.45, 2.75) is 32.9 Å². The number of benzene rings is 2. The Morgan fingerprint density at radius 2 is 1.94 bits per heavy atom. The molecular weight excluding hydrogens is 454 g/mol. The zero-order valence-corrected chi connectivity index (χ0v) is 19.6. The van der Waals surface area contributed by atoms with Crippen LogP contribution in [0.2, 0.25) is 0 Å². The molecule has 0 aliphatic carbocycles. The Morgan fingerprint density at radius 3 is 2.62 bits per heavy atom. The van der Waals surface area contributed by atoms with E-state index in [9.17, 15) is 14.9 Å². The van der Waals surface area contributed by atoms with Gasteiger partial charge >= 0.3 is 5.97 Å². The fourth-order valence-corrected chi connectivity index (χ4v) is 4.05. The molecule has 0 unspecified atom stereocenters. The Hall–Kier alpha value is -4.05. The highest BCUT2D eigenvalue weighted by Gasteiger charge is 2.34. The lowest BCUT2D eigenvalue weighted by Gasteiger charge is -2.30. The van der Waals surface area contributed by atoms with Crippen LogP contribution >= 0.6 is 12.2 Å². The van der Waals surface area contributed by atoms with Gasteiger partial charge in [0.15, 0.2) is 5.11 Å². The molecule has 1 aliphatic rings. The number of para-hydroxylation sites is 1. The van der Waals surface area contributed by atoms with Gasteiger partial charge in [0, 0.05) is 35.2 Å². The monoisotopic (exact) mass is 477 g/mol. The van der Waals surface area contributed by atoms with Crippen LogP contribution in [0.1, 0.15) is 32.4 Å². The fourth-order valence-electron chi connectivity index (χ4n) is 3.78. The Labute approximate surface area is 201 Å². The first-order valence-corrected chi connectivity index (χ1v) is 11.0. The van der Waals surface area contributed by atoms with E-state index < -0.39 is 16.9 Å². The second-order valence-electron chi connectivity index (χ2n) is 8.04. The maximum atomic E-state index is 13.1. The molecule has 2 aromatic carbocycles. The van der Waals surface area contributed by atoms with Gasteiger partial charge in [0.2, 0.25) is 0 Å². The number of ether oxygens (including phenoxy) is 1. The highest BCUT2D eigenvalue weighted by Crippen LogP contribution is 2.36. The van der Waals surface area contributed by atoms with Crippen molar-refractivity contribution in [2.75, 3.05) is 0 Å². The Balaban J connectivity index is 1.92. The second-order valence-corrected chi connectivity index (χ2v) is 8.45. The Morgan fingerprint density at radius 1 is 1.21 bits per heavy atom. The smallest absolute Gasteiger partial charge is 0.338 e. The summed E-state index contributed by atoms with van der Waals surface area (Å²) in [5.41, 5.74) is 3.32. The third-order valence-corrected chi connectivity index (χ3v) is 5.46. The number of rotatable bonds is 6. The van der Waals surface area contributed by atoms with Gasteiger partial charge in [0.1, 0.15) is 0 Å². The van der Waals surface area contributed by atoms with Gasteiger partial charge < -0.3 is 15.4 Å². The molecule has 2 N–H and O–H groups in total. The van der Waals surface area contributed by atoms with E-state index in [1.807, 2.05) is 30.3 Å². The predicted octanol–water partition coefficient (Wildman–Crippen LogP) is 4.19. The number of nitro groups is 1. The number of carbonyl (C=O) groups excluding carboxylic acids is 1. The van der Waals surface area contributed by atoms with E-state index in [0.29, 0.717) is 33.2 Å². The molecule has 0 amide bonds. The zero-order valence-electron chi connectivity index (χ0n) is 18.8. The van der Waals surface area contributed by atoms with Gasteiger partial charge in [-0.25, -0.2) is 9.48 Å². The number of nitro benzene ring substituents is 1. The number of nitrogens with one attached hydrogen (secondary N) is 2. The number of non-ortho nitro benzene ring substituents is 1. The van der Waals surface area contributed by atoms with Crippen molar-refractivity contribution < 1.29 is 14.5 Å². The van der Waals surface area contributed by atoms with E-state index in [1.165, 1.54) is 12.1 Å². The van der Waals surface area contributed by atoms with Crippen molar-refractivity contribution in [3.63, 3.8) is 0 Å². The third-order valence-electron chi connectivity index (χ3n) is 5.24. The van der Waals surface area contributed by atoms with Gasteiger partial charge in [-0.2, -0.15) is 5.10 Å². The number of hydrogen-bond acceptors (Lipinski definition) is 6. The summed E-state index contributed by atoms with van der Waals surface area (Å²) < 4.78 is 7.18. The van der Waals surface area contributed by atoms with Crippen molar-refractivity contribution >= 4 is 29.0 Å². The van der Waals surface area contributed by atoms with Crippen LogP contribution in [0.3, 0.4) is 0 Å². The molecule has 0 bridgehead atoms. The summed E-state index contributed by atoms with van der Waals surface area (Å²) in [7, 11) is 0. The van der Waals surface area contributed by atoms with Crippen LogP contribution in [0.5, 0.6) is 0 Å². The first kappa shape index (κ1) is 23.1. The van der Waals surface area contributed by atoms with Crippen LogP contribution in [0.4, 0.5) is 5.69 Å². The number of aromatic nitrogens is 2. The molecule has 4 rings (SSSR count). The molecule has 1 aliphatic heterocycles.